The van der Waals surface area contributed by atoms with Gasteiger partial charge >= 0.3 is 5.97 Å². The number of benzene rings is 2. The molecule has 140 valence electrons. The summed E-state index contributed by atoms with van der Waals surface area (Å²) < 4.78 is 6.19. The number of rotatable bonds is 7. The average molecular weight is 431 g/mol. The number of aliphatic carboxylic acids is 1. The van der Waals surface area contributed by atoms with Crippen LogP contribution in [0.1, 0.15) is 22.8 Å². The summed E-state index contributed by atoms with van der Waals surface area (Å²) in [6, 6.07) is 11.6. The standard InChI is InChI=1S/C20H19BrN2O4/c1-2-27-18-8-7-13(21)10-15(18)19(24)23-17(20(25)26)9-12-11-22-16-6-4-3-5-14(12)16/h3-8,10-11,17,22H,2,9H2,1H3,(H,23,24)(H,25,26)/t17-/m1/s1. The average Bonchev–Trinajstić information content (AvgIpc) is 3.05. The third kappa shape index (κ3) is 4.31. The zero-order valence-electron chi connectivity index (χ0n) is 14.7. The first kappa shape index (κ1) is 19.0. The number of amides is 1. The number of hydrogen-bond acceptors (Lipinski definition) is 3. The first-order chi connectivity index (χ1) is 13.0. The number of aromatic amines is 1. The second-order valence-corrected chi connectivity index (χ2v) is 6.92. The van der Waals surface area contributed by atoms with Crippen LogP contribution in [0.2, 0.25) is 0 Å². The maximum Gasteiger partial charge on any atom is 0.326 e. The lowest BCUT2D eigenvalue weighted by molar-refractivity contribution is -0.139. The van der Waals surface area contributed by atoms with Crippen LogP contribution in [0.4, 0.5) is 0 Å². The fourth-order valence-electron chi connectivity index (χ4n) is 2.92. The molecule has 3 aromatic rings. The molecular weight excluding hydrogens is 412 g/mol. The molecule has 0 unspecified atom stereocenters. The number of hydrogen-bond donors (Lipinski definition) is 3. The van der Waals surface area contributed by atoms with Crippen LogP contribution in [0.5, 0.6) is 5.75 Å². The first-order valence-corrected chi connectivity index (χ1v) is 9.30. The Bertz CT molecular complexity index is 983. The number of carboxylic acids is 1. The second-order valence-electron chi connectivity index (χ2n) is 6.00. The monoisotopic (exact) mass is 430 g/mol. The van der Waals surface area contributed by atoms with Crippen molar-refractivity contribution in [1.29, 1.82) is 0 Å². The van der Waals surface area contributed by atoms with Gasteiger partial charge in [-0.1, -0.05) is 34.1 Å². The van der Waals surface area contributed by atoms with Crippen molar-refractivity contribution in [3.05, 3.63) is 64.3 Å². The minimum Gasteiger partial charge on any atom is -0.493 e. The van der Waals surface area contributed by atoms with Gasteiger partial charge in [-0.15, -0.1) is 0 Å². The largest absolute Gasteiger partial charge is 0.493 e. The van der Waals surface area contributed by atoms with Gasteiger partial charge in [-0.3, -0.25) is 4.79 Å². The summed E-state index contributed by atoms with van der Waals surface area (Å²) in [5.74, 6) is -1.18. The van der Waals surface area contributed by atoms with E-state index in [9.17, 15) is 14.7 Å². The van der Waals surface area contributed by atoms with E-state index in [-0.39, 0.29) is 12.0 Å². The normalized spacial score (nSPS) is 11.9. The van der Waals surface area contributed by atoms with Crippen LogP contribution in [0.15, 0.2) is 53.1 Å². The molecule has 0 fully saturated rings. The predicted molar refractivity (Wildman–Crippen MR) is 106 cm³/mol. The predicted octanol–water partition coefficient (Wildman–Crippen LogP) is 3.75. The van der Waals surface area contributed by atoms with E-state index in [0.717, 1.165) is 16.5 Å². The zero-order valence-corrected chi connectivity index (χ0v) is 16.2. The molecule has 1 amide bonds. The van der Waals surface area contributed by atoms with Crippen molar-refractivity contribution >= 4 is 38.7 Å². The summed E-state index contributed by atoms with van der Waals surface area (Å²) >= 11 is 3.33. The van der Waals surface area contributed by atoms with E-state index in [4.69, 9.17) is 4.74 Å². The highest BCUT2D eigenvalue weighted by atomic mass is 79.9. The Morgan fingerprint density at radius 2 is 2.04 bits per heavy atom. The fourth-order valence-corrected chi connectivity index (χ4v) is 3.28. The number of carbonyl (C=O) groups excluding carboxylic acids is 1. The van der Waals surface area contributed by atoms with E-state index >= 15 is 0 Å². The van der Waals surface area contributed by atoms with E-state index in [1.807, 2.05) is 31.2 Å². The van der Waals surface area contributed by atoms with Gasteiger partial charge in [0.15, 0.2) is 0 Å². The second kappa shape index (κ2) is 8.26. The molecule has 1 aromatic heterocycles. The smallest absolute Gasteiger partial charge is 0.326 e. The highest BCUT2D eigenvalue weighted by Gasteiger charge is 2.24. The van der Waals surface area contributed by atoms with Gasteiger partial charge in [-0.2, -0.15) is 0 Å². The molecular formula is C20H19BrN2O4. The Balaban J connectivity index is 1.84. The molecule has 3 rings (SSSR count). The molecule has 0 saturated carbocycles. The van der Waals surface area contributed by atoms with E-state index in [1.165, 1.54) is 0 Å². The van der Waals surface area contributed by atoms with Crippen molar-refractivity contribution < 1.29 is 19.4 Å². The van der Waals surface area contributed by atoms with Crippen molar-refractivity contribution in [2.24, 2.45) is 0 Å². The van der Waals surface area contributed by atoms with Crippen molar-refractivity contribution in [3.8, 4) is 5.75 Å². The van der Waals surface area contributed by atoms with Gasteiger partial charge in [0.25, 0.3) is 5.91 Å². The Kier molecular flexibility index (Phi) is 5.81. The van der Waals surface area contributed by atoms with E-state index in [2.05, 4.69) is 26.2 Å². The van der Waals surface area contributed by atoms with E-state index < -0.39 is 17.9 Å². The molecule has 6 nitrogen and oxygen atoms in total. The Labute approximate surface area is 164 Å². The minimum absolute atomic E-state index is 0.170. The highest BCUT2D eigenvalue weighted by Crippen LogP contribution is 2.24. The van der Waals surface area contributed by atoms with Crippen molar-refractivity contribution in [1.82, 2.24) is 10.3 Å². The fraction of sp³-hybridized carbons (Fsp3) is 0.200. The summed E-state index contributed by atoms with van der Waals surface area (Å²) in [5, 5.41) is 13.2. The molecule has 1 atom stereocenters. The van der Waals surface area contributed by atoms with E-state index in [1.54, 1.807) is 24.4 Å². The summed E-state index contributed by atoms with van der Waals surface area (Å²) in [7, 11) is 0. The van der Waals surface area contributed by atoms with Gasteiger partial charge in [0.1, 0.15) is 11.8 Å². The third-order valence-corrected chi connectivity index (χ3v) is 4.68. The number of halogens is 1. The van der Waals surface area contributed by atoms with Gasteiger partial charge in [-0.25, -0.2) is 4.79 Å². The summed E-state index contributed by atoms with van der Waals surface area (Å²) in [6.07, 6.45) is 1.94. The lowest BCUT2D eigenvalue weighted by Crippen LogP contribution is -2.42. The van der Waals surface area contributed by atoms with Crippen LogP contribution in [-0.2, 0) is 11.2 Å². The molecule has 0 aliphatic rings. The zero-order chi connectivity index (χ0) is 19.4. The topological polar surface area (TPSA) is 91.4 Å². The van der Waals surface area contributed by atoms with Crippen LogP contribution in [0.25, 0.3) is 10.9 Å². The number of para-hydroxylation sites is 1. The molecule has 0 spiro atoms. The molecule has 27 heavy (non-hydrogen) atoms. The lowest BCUT2D eigenvalue weighted by atomic mass is 10.0. The SMILES string of the molecule is CCOc1ccc(Br)cc1C(=O)N[C@H](Cc1c[nH]c2ccccc12)C(=O)O. The molecule has 3 N–H and O–H groups in total. The number of carbonyl (C=O) groups is 2. The quantitative estimate of drug-likeness (QED) is 0.532. The maximum atomic E-state index is 12.7. The maximum absolute atomic E-state index is 12.7. The number of ether oxygens (including phenoxy) is 1. The third-order valence-electron chi connectivity index (χ3n) is 4.19. The molecule has 0 aliphatic carbocycles. The van der Waals surface area contributed by atoms with Gasteiger partial charge in [0.05, 0.1) is 12.2 Å². The van der Waals surface area contributed by atoms with Gasteiger partial charge in [0.2, 0.25) is 0 Å². The molecule has 0 radical (unpaired) electrons. The lowest BCUT2D eigenvalue weighted by Gasteiger charge is -2.16. The highest BCUT2D eigenvalue weighted by molar-refractivity contribution is 9.10. The first-order valence-electron chi connectivity index (χ1n) is 8.50. The van der Waals surface area contributed by atoms with E-state index in [0.29, 0.717) is 16.8 Å². The Morgan fingerprint density at radius 1 is 1.26 bits per heavy atom. The van der Waals surface area contributed by atoms with Crippen molar-refractivity contribution in [3.63, 3.8) is 0 Å². The summed E-state index contributed by atoms with van der Waals surface area (Å²) in [4.78, 5) is 27.6. The molecule has 7 heteroatoms. The summed E-state index contributed by atoms with van der Waals surface area (Å²) in [5.41, 5.74) is 2.04. The minimum atomic E-state index is -1.10. The Hall–Kier alpha value is -2.80. The number of fused-ring (bicyclic) bond motifs is 1. The van der Waals surface area contributed by atoms with Gasteiger partial charge in [-0.05, 0) is 36.8 Å². The van der Waals surface area contributed by atoms with Crippen LogP contribution < -0.4 is 10.1 Å². The molecule has 0 aliphatic heterocycles. The summed E-state index contributed by atoms with van der Waals surface area (Å²) in [6.45, 7) is 2.22. The van der Waals surface area contributed by atoms with Gasteiger partial charge < -0.3 is 20.1 Å². The van der Waals surface area contributed by atoms with Crippen molar-refractivity contribution in [2.45, 2.75) is 19.4 Å². The molecule has 1 heterocycles. The number of carboxylic acid groups (broad SMARTS) is 1. The number of aromatic nitrogens is 1. The molecule has 2 aromatic carbocycles. The number of H-pyrrole nitrogens is 1. The van der Waals surface area contributed by atoms with Crippen molar-refractivity contribution in [2.75, 3.05) is 6.61 Å². The number of nitrogens with one attached hydrogen (secondary N) is 2. The Morgan fingerprint density at radius 3 is 2.78 bits per heavy atom. The molecule has 0 bridgehead atoms. The van der Waals surface area contributed by atoms with Crippen LogP contribution in [0, 0.1) is 0 Å². The van der Waals surface area contributed by atoms with Gasteiger partial charge in [0, 0.05) is 28.0 Å². The van der Waals surface area contributed by atoms with Crippen LogP contribution >= 0.6 is 15.9 Å². The van der Waals surface area contributed by atoms with Crippen LogP contribution in [-0.4, -0.2) is 34.6 Å². The van der Waals surface area contributed by atoms with Crippen LogP contribution in [0.3, 0.4) is 0 Å². The molecule has 0 saturated heterocycles.